The predicted molar refractivity (Wildman–Crippen MR) is 104 cm³/mol. The molecule has 2 aromatic carbocycles. The van der Waals surface area contributed by atoms with Gasteiger partial charge in [0.25, 0.3) is 0 Å². The molecule has 0 spiro atoms. The van der Waals surface area contributed by atoms with Gasteiger partial charge in [-0.2, -0.15) is 0 Å². The van der Waals surface area contributed by atoms with Crippen molar-refractivity contribution >= 4 is 10.0 Å². The zero-order valence-corrected chi connectivity index (χ0v) is 16.5. The molecule has 0 fully saturated rings. The highest BCUT2D eigenvalue weighted by molar-refractivity contribution is 7.89. The van der Waals surface area contributed by atoms with Crippen molar-refractivity contribution in [3.63, 3.8) is 0 Å². The van der Waals surface area contributed by atoms with Gasteiger partial charge in [0.15, 0.2) is 0 Å². The third-order valence-corrected chi connectivity index (χ3v) is 6.70. The summed E-state index contributed by atoms with van der Waals surface area (Å²) in [6.45, 7) is 3.97. The summed E-state index contributed by atoms with van der Waals surface area (Å²) in [6.07, 6.45) is 5.12. The Balaban J connectivity index is 1.89. The fraction of sp³-hybridized carbons (Fsp3) is 0.429. The van der Waals surface area contributed by atoms with E-state index in [2.05, 4.69) is 11.6 Å². The summed E-state index contributed by atoms with van der Waals surface area (Å²) in [6, 6.07) is 11.4. The highest BCUT2D eigenvalue weighted by Gasteiger charge is 2.25. The Bertz CT molecular complexity index is 873. The van der Waals surface area contributed by atoms with Crippen LogP contribution >= 0.6 is 0 Å². The molecule has 0 aliphatic heterocycles. The maximum absolute atomic E-state index is 13.0. The van der Waals surface area contributed by atoms with Crippen LogP contribution in [0.5, 0.6) is 5.75 Å². The first kappa shape index (κ1) is 18.9. The molecule has 1 N–H and O–H groups in total. The number of aryl methyl sites for hydroxylation is 3. The van der Waals surface area contributed by atoms with Crippen molar-refractivity contribution < 1.29 is 13.2 Å². The lowest BCUT2D eigenvalue weighted by Gasteiger charge is -2.21. The first-order chi connectivity index (χ1) is 12.4. The number of ether oxygens (including phenoxy) is 1. The average molecular weight is 374 g/mol. The Morgan fingerprint density at radius 2 is 1.69 bits per heavy atom. The molecule has 0 bridgehead atoms. The molecule has 140 valence electrons. The van der Waals surface area contributed by atoms with Gasteiger partial charge in [-0.05, 0) is 73.4 Å². The Morgan fingerprint density at radius 3 is 2.27 bits per heavy atom. The molecule has 0 amide bonds. The van der Waals surface area contributed by atoms with E-state index in [1.54, 1.807) is 6.07 Å². The molecule has 0 saturated carbocycles. The monoisotopic (exact) mass is 373 g/mol. The Morgan fingerprint density at radius 1 is 1.08 bits per heavy atom. The summed E-state index contributed by atoms with van der Waals surface area (Å²) in [4.78, 5) is 0.234. The van der Waals surface area contributed by atoms with Gasteiger partial charge in [0, 0.05) is 6.04 Å². The molecule has 2 aromatic rings. The minimum Gasteiger partial charge on any atom is -0.495 e. The maximum Gasteiger partial charge on any atom is 0.244 e. The van der Waals surface area contributed by atoms with Crippen LogP contribution in [0, 0.1) is 0 Å². The first-order valence-electron chi connectivity index (χ1n) is 9.25. The summed E-state index contributed by atoms with van der Waals surface area (Å²) < 4.78 is 34.2. The molecular weight excluding hydrogens is 346 g/mol. The molecule has 0 radical (unpaired) electrons. The largest absolute Gasteiger partial charge is 0.495 e. The van der Waals surface area contributed by atoms with Crippen LogP contribution < -0.4 is 9.46 Å². The number of fused-ring (bicyclic) bond motifs is 1. The Kier molecular flexibility index (Phi) is 5.68. The number of hydrogen-bond donors (Lipinski definition) is 1. The standard InChI is InChI=1S/C21H27NO3S/c1-4-16-9-11-17(12-10-16)15(2)22-26(23,24)21-14-19-8-6-5-7-18(19)13-20(21)25-3/h9-15,22H,4-8H2,1-3H3. The van der Waals surface area contributed by atoms with E-state index in [0.29, 0.717) is 5.75 Å². The van der Waals surface area contributed by atoms with Crippen molar-refractivity contribution in [1.82, 2.24) is 4.72 Å². The summed E-state index contributed by atoms with van der Waals surface area (Å²) in [5.41, 5.74) is 4.51. The summed E-state index contributed by atoms with van der Waals surface area (Å²) in [7, 11) is -2.15. The van der Waals surface area contributed by atoms with Crippen LogP contribution in [0.3, 0.4) is 0 Å². The van der Waals surface area contributed by atoms with E-state index >= 15 is 0 Å². The smallest absolute Gasteiger partial charge is 0.244 e. The molecule has 1 unspecified atom stereocenters. The summed E-state index contributed by atoms with van der Waals surface area (Å²) in [5.74, 6) is 0.423. The van der Waals surface area contributed by atoms with Crippen molar-refractivity contribution in [3.05, 3.63) is 58.7 Å². The van der Waals surface area contributed by atoms with Gasteiger partial charge in [-0.15, -0.1) is 0 Å². The number of sulfonamides is 1. The van der Waals surface area contributed by atoms with Gasteiger partial charge in [0.2, 0.25) is 10.0 Å². The van der Waals surface area contributed by atoms with Gasteiger partial charge in [0.1, 0.15) is 10.6 Å². The van der Waals surface area contributed by atoms with Gasteiger partial charge in [-0.1, -0.05) is 31.2 Å². The Hall–Kier alpha value is -1.85. The third kappa shape index (κ3) is 3.94. The zero-order valence-electron chi connectivity index (χ0n) is 15.7. The molecule has 3 rings (SSSR count). The van der Waals surface area contributed by atoms with Crippen molar-refractivity contribution in [2.45, 2.75) is 56.9 Å². The highest BCUT2D eigenvalue weighted by Crippen LogP contribution is 2.32. The quantitative estimate of drug-likeness (QED) is 0.826. The fourth-order valence-corrected chi connectivity index (χ4v) is 4.95. The highest BCUT2D eigenvalue weighted by atomic mass is 32.2. The second-order valence-corrected chi connectivity index (χ2v) is 8.60. The van der Waals surface area contributed by atoms with E-state index in [1.165, 1.54) is 18.2 Å². The Labute approximate surface area is 156 Å². The molecule has 5 heteroatoms. The van der Waals surface area contributed by atoms with Crippen molar-refractivity contribution in [2.24, 2.45) is 0 Å². The summed E-state index contributed by atoms with van der Waals surface area (Å²) in [5, 5.41) is 0. The van der Waals surface area contributed by atoms with Crippen LogP contribution in [0.4, 0.5) is 0 Å². The van der Waals surface area contributed by atoms with E-state index in [0.717, 1.165) is 43.2 Å². The van der Waals surface area contributed by atoms with Gasteiger partial charge in [0.05, 0.1) is 7.11 Å². The first-order valence-corrected chi connectivity index (χ1v) is 10.7. The second-order valence-electron chi connectivity index (χ2n) is 6.92. The van der Waals surface area contributed by atoms with Crippen molar-refractivity contribution in [1.29, 1.82) is 0 Å². The minimum atomic E-state index is -3.67. The van der Waals surface area contributed by atoms with Crippen LogP contribution in [-0.2, 0) is 29.3 Å². The molecule has 26 heavy (non-hydrogen) atoms. The molecule has 0 saturated heterocycles. The van der Waals surface area contributed by atoms with Crippen LogP contribution in [0.15, 0.2) is 41.3 Å². The van der Waals surface area contributed by atoms with Gasteiger partial charge in [-0.25, -0.2) is 13.1 Å². The molecule has 0 heterocycles. The molecule has 1 aliphatic carbocycles. The minimum absolute atomic E-state index is 0.234. The molecule has 1 atom stereocenters. The van der Waals surface area contributed by atoms with Crippen molar-refractivity contribution in [2.75, 3.05) is 7.11 Å². The van der Waals surface area contributed by atoms with Crippen LogP contribution in [0.25, 0.3) is 0 Å². The number of hydrogen-bond acceptors (Lipinski definition) is 3. The lowest BCUT2D eigenvalue weighted by atomic mass is 9.92. The number of methoxy groups -OCH3 is 1. The van der Waals surface area contributed by atoms with E-state index in [-0.39, 0.29) is 10.9 Å². The van der Waals surface area contributed by atoms with E-state index in [1.807, 2.05) is 37.3 Å². The lowest BCUT2D eigenvalue weighted by molar-refractivity contribution is 0.400. The van der Waals surface area contributed by atoms with Gasteiger partial charge >= 0.3 is 0 Å². The number of rotatable bonds is 6. The summed E-state index contributed by atoms with van der Waals surface area (Å²) >= 11 is 0. The number of nitrogens with one attached hydrogen (secondary N) is 1. The topological polar surface area (TPSA) is 55.4 Å². The fourth-order valence-electron chi connectivity index (χ4n) is 3.52. The molecule has 1 aliphatic rings. The average Bonchev–Trinajstić information content (AvgIpc) is 2.66. The van der Waals surface area contributed by atoms with Crippen LogP contribution in [-0.4, -0.2) is 15.5 Å². The van der Waals surface area contributed by atoms with Gasteiger partial charge in [-0.3, -0.25) is 0 Å². The zero-order chi connectivity index (χ0) is 18.7. The van der Waals surface area contributed by atoms with Crippen LogP contribution in [0.2, 0.25) is 0 Å². The van der Waals surface area contributed by atoms with E-state index in [9.17, 15) is 8.42 Å². The van der Waals surface area contributed by atoms with Crippen LogP contribution in [0.1, 0.15) is 55.0 Å². The normalized spacial score (nSPS) is 15.3. The predicted octanol–water partition coefficient (Wildman–Crippen LogP) is 4.18. The maximum atomic E-state index is 13.0. The van der Waals surface area contributed by atoms with Gasteiger partial charge < -0.3 is 4.74 Å². The van der Waals surface area contributed by atoms with E-state index in [4.69, 9.17) is 4.74 Å². The second kappa shape index (κ2) is 7.80. The molecule has 0 aromatic heterocycles. The lowest BCUT2D eigenvalue weighted by Crippen LogP contribution is -2.27. The molecular formula is C21H27NO3S. The van der Waals surface area contributed by atoms with Crippen molar-refractivity contribution in [3.8, 4) is 5.75 Å². The third-order valence-electron chi connectivity index (χ3n) is 5.14. The SMILES string of the molecule is CCc1ccc(C(C)NS(=O)(=O)c2cc3c(cc2OC)CCCC3)cc1. The molecule has 4 nitrogen and oxygen atoms in total. The van der Waals surface area contributed by atoms with E-state index < -0.39 is 10.0 Å². The number of benzene rings is 2.